The summed E-state index contributed by atoms with van der Waals surface area (Å²) in [7, 11) is 4.09. The van der Waals surface area contributed by atoms with Crippen molar-refractivity contribution in [1.29, 1.82) is 0 Å². The van der Waals surface area contributed by atoms with Crippen LogP contribution in [0.1, 0.15) is 17.5 Å². The summed E-state index contributed by atoms with van der Waals surface area (Å²) < 4.78 is 0. The Bertz CT molecular complexity index is 400. The summed E-state index contributed by atoms with van der Waals surface area (Å²) in [5.74, 6) is 0. The summed E-state index contributed by atoms with van der Waals surface area (Å²) in [4.78, 5) is 2.12. The molecule has 0 aromatic heterocycles. The third-order valence-corrected chi connectivity index (χ3v) is 2.82. The van der Waals surface area contributed by atoms with Gasteiger partial charge in [0.15, 0.2) is 0 Å². The van der Waals surface area contributed by atoms with Gasteiger partial charge in [-0.3, -0.25) is 0 Å². The summed E-state index contributed by atoms with van der Waals surface area (Å²) in [6, 6.07) is 22.7. The van der Waals surface area contributed by atoms with Crippen LogP contribution in [0.25, 0.3) is 0 Å². The van der Waals surface area contributed by atoms with Crippen LogP contribution >= 0.6 is 0 Å². The molecule has 1 nitrogen and oxygen atoms in total. The average Bonchev–Trinajstić information content (AvgIpc) is 2.48. The molecule has 0 bridgehead atoms. The summed E-state index contributed by atoms with van der Waals surface area (Å²) >= 11 is 0. The van der Waals surface area contributed by atoms with Gasteiger partial charge in [0.1, 0.15) is 0 Å². The first-order valence-corrected chi connectivity index (χ1v) is 7.07. The van der Waals surface area contributed by atoms with Crippen molar-refractivity contribution >= 4 is 0 Å². The SMILES string of the molecule is [CH2-]CCN(C)C.[Pt].[c-]1ccccc1CCc1[c-]cccc1. The van der Waals surface area contributed by atoms with E-state index in [0.29, 0.717) is 0 Å². The van der Waals surface area contributed by atoms with Crippen LogP contribution in [0.4, 0.5) is 0 Å². The molecule has 2 aromatic carbocycles. The van der Waals surface area contributed by atoms with Crippen molar-refractivity contribution in [2.24, 2.45) is 0 Å². The molecule has 0 saturated carbocycles. The molecule has 0 heterocycles. The van der Waals surface area contributed by atoms with Crippen molar-refractivity contribution in [1.82, 2.24) is 4.90 Å². The minimum Gasteiger partial charge on any atom is -0.342 e. The van der Waals surface area contributed by atoms with Crippen molar-refractivity contribution in [3.05, 3.63) is 78.7 Å². The zero-order valence-electron chi connectivity index (χ0n) is 12.9. The Labute approximate surface area is 144 Å². The van der Waals surface area contributed by atoms with E-state index in [2.05, 4.69) is 48.2 Å². The predicted molar refractivity (Wildman–Crippen MR) is 86.5 cm³/mol. The quantitative estimate of drug-likeness (QED) is 0.612. The van der Waals surface area contributed by atoms with Crippen LogP contribution in [0.3, 0.4) is 0 Å². The van der Waals surface area contributed by atoms with Crippen LogP contribution in [0.5, 0.6) is 0 Å². The molecule has 0 aliphatic heterocycles. The molecule has 0 aliphatic carbocycles. The molecule has 2 rings (SSSR count). The molecule has 0 saturated heterocycles. The molecule has 2 heteroatoms. The minimum absolute atomic E-state index is 0. The van der Waals surface area contributed by atoms with E-state index in [1.165, 1.54) is 11.1 Å². The third kappa shape index (κ3) is 10.5. The topological polar surface area (TPSA) is 3.24 Å². The molecular weight excluding hydrogens is 437 g/mol. The van der Waals surface area contributed by atoms with E-state index in [1.54, 1.807) is 0 Å². The summed E-state index contributed by atoms with van der Waals surface area (Å²) in [5, 5.41) is 0. The van der Waals surface area contributed by atoms with Gasteiger partial charge in [0.2, 0.25) is 0 Å². The van der Waals surface area contributed by atoms with Crippen LogP contribution in [-0.2, 0) is 33.9 Å². The van der Waals surface area contributed by atoms with Gasteiger partial charge in [-0.25, -0.2) is 0 Å². The maximum Gasteiger partial charge on any atom is 0 e. The van der Waals surface area contributed by atoms with Crippen LogP contribution in [-0.4, -0.2) is 25.5 Å². The summed E-state index contributed by atoms with van der Waals surface area (Å²) in [6.45, 7) is 4.78. The van der Waals surface area contributed by atoms with E-state index in [1.807, 2.05) is 38.4 Å². The van der Waals surface area contributed by atoms with Gasteiger partial charge in [0.05, 0.1) is 0 Å². The second-order valence-corrected chi connectivity index (χ2v) is 4.93. The minimum atomic E-state index is 0. The number of hydrogen-bond acceptors (Lipinski definition) is 1. The number of hydrogen-bond donors (Lipinski definition) is 0. The van der Waals surface area contributed by atoms with Gasteiger partial charge in [-0.1, -0.05) is 0 Å². The monoisotopic (exact) mass is 461 g/mol. The number of rotatable bonds is 5. The second-order valence-electron chi connectivity index (χ2n) is 4.93. The molecule has 2 aromatic rings. The average molecular weight is 461 g/mol. The molecule has 0 atom stereocenters. The Morgan fingerprint density at radius 2 is 1.38 bits per heavy atom. The molecule has 0 N–H and O–H groups in total. The van der Waals surface area contributed by atoms with Gasteiger partial charge in [-0.05, 0) is 33.5 Å². The molecule has 21 heavy (non-hydrogen) atoms. The van der Waals surface area contributed by atoms with Crippen LogP contribution in [0.2, 0.25) is 0 Å². The Balaban J connectivity index is 0.000000495. The maximum atomic E-state index is 3.68. The van der Waals surface area contributed by atoms with Crippen LogP contribution in [0.15, 0.2) is 48.5 Å². The van der Waals surface area contributed by atoms with Crippen molar-refractivity contribution in [3.8, 4) is 0 Å². The van der Waals surface area contributed by atoms with E-state index in [4.69, 9.17) is 0 Å². The zero-order chi connectivity index (χ0) is 14.6. The Morgan fingerprint density at radius 1 is 0.905 bits per heavy atom. The zero-order valence-corrected chi connectivity index (χ0v) is 15.2. The molecular formula is C19H24NPt-3. The first kappa shape index (κ1) is 20.1. The maximum absolute atomic E-state index is 3.68. The Kier molecular flexibility index (Phi) is 12.2. The van der Waals surface area contributed by atoms with Crippen molar-refractivity contribution in [2.75, 3.05) is 20.6 Å². The number of nitrogens with zero attached hydrogens (tertiary/aromatic N) is 1. The number of aryl methyl sites for hydroxylation is 2. The van der Waals surface area contributed by atoms with Crippen molar-refractivity contribution < 1.29 is 21.1 Å². The standard InChI is InChI=1S/C14H12.C5H12N.Pt/c1-3-7-13(8-4-1)11-12-14-9-5-2-6-10-14;1-4-5-6(2)3;/h1-7,9H,11-12H2;1,4-5H2,2-3H3;/q-2;-1;. The fourth-order valence-electron chi connectivity index (χ4n) is 1.76. The third-order valence-electron chi connectivity index (χ3n) is 2.82. The number of benzene rings is 2. The second kappa shape index (κ2) is 12.8. The van der Waals surface area contributed by atoms with E-state index >= 15 is 0 Å². The van der Waals surface area contributed by atoms with Gasteiger partial charge in [-0.2, -0.15) is 78.2 Å². The Hall–Kier alpha value is -0.912. The molecule has 0 spiro atoms. The van der Waals surface area contributed by atoms with Gasteiger partial charge in [-0.15, -0.1) is 0 Å². The molecule has 0 aliphatic rings. The molecule has 0 radical (unpaired) electrons. The normalized spacial score (nSPS) is 9.52. The molecule has 0 unspecified atom stereocenters. The molecule has 0 amide bonds. The van der Waals surface area contributed by atoms with Gasteiger partial charge in [0, 0.05) is 21.1 Å². The largest absolute Gasteiger partial charge is 0.342 e. The van der Waals surface area contributed by atoms with Crippen molar-refractivity contribution in [3.63, 3.8) is 0 Å². The molecule has 118 valence electrons. The Morgan fingerprint density at radius 3 is 1.62 bits per heavy atom. The van der Waals surface area contributed by atoms with Crippen LogP contribution < -0.4 is 0 Å². The molecule has 0 fully saturated rings. The first-order valence-electron chi connectivity index (χ1n) is 7.07. The van der Waals surface area contributed by atoms with Gasteiger partial charge < -0.3 is 11.8 Å². The van der Waals surface area contributed by atoms with E-state index in [9.17, 15) is 0 Å². The van der Waals surface area contributed by atoms with Gasteiger partial charge in [0.25, 0.3) is 0 Å². The van der Waals surface area contributed by atoms with Gasteiger partial charge >= 0.3 is 0 Å². The predicted octanol–water partition coefficient (Wildman–Crippen LogP) is 3.84. The summed E-state index contributed by atoms with van der Waals surface area (Å²) in [5.41, 5.74) is 2.54. The van der Waals surface area contributed by atoms with Crippen LogP contribution in [0, 0.1) is 19.1 Å². The van der Waals surface area contributed by atoms with E-state index in [-0.39, 0.29) is 21.1 Å². The first-order chi connectivity index (χ1) is 9.72. The fourth-order valence-corrected chi connectivity index (χ4v) is 1.76. The van der Waals surface area contributed by atoms with Crippen molar-refractivity contribution in [2.45, 2.75) is 19.3 Å². The summed E-state index contributed by atoms with van der Waals surface area (Å²) in [6.07, 6.45) is 3.09. The fraction of sp³-hybridized carbons (Fsp3) is 0.316. The van der Waals surface area contributed by atoms with E-state index < -0.39 is 0 Å². The van der Waals surface area contributed by atoms with E-state index in [0.717, 1.165) is 25.8 Å². The smallest absolute Gasteiger partial charge is 0 e.